The van der Waals surface area contributed by atoms with Gasteiger partial charge in [-0.3, -0.25) is 14.9 Å². The molecule has 10 nitrogen and oxygen atoms in total. The first-order valence-electron chi connectivity index (χ1n) is 7.70. The summed E-state index contributed by atoms with van der Waals surface area (Å²) < 4.78 is 10.1. The number of aliphatic carboxylic acids is 1. The van der Waals surface area contributed by atoms with E-state index in [9.17, 15) is 19.7 Å². The predicted octanol–water partition coefficient (Wildman–Crippen LogP) is 2.12. The number of benzene rings is 2. The number of methoxy groups -OCH3 is 1. The predicted molar refractivity (Wildman–Crippen MR) is 96.3 cm³/mol. The molecule has 0 spiro atoms. The number of hydrogen-bond donors (Lipinski definition) is 3. The van der Waals surface area contributed by atoms with E-state index in [0.717, 1.165) is 6.07 Å². The topological polar surface area (TPSA) is 140 Å². The van der Waals surface area contributed by atoms with E-state index in [1.54, 1.807) is 24.3 Å². The van der Waals surface area contributed by atoms with Gasteiger partial charge < -0.3 is 25.2 Å². The molecule has 2 aromatic carbocycles. The standard InChI is InChI=1S/C17H17N3O7/c1-26-13-5-2-11(3-6-13)19-16(21)9-18-14-7-4-12(20(24)25)8-15(14)27-10-17(22)23/h2-8,18H,9-10H2,1H3,(H,19,21)(H,22,23). The number of non-ortho nitro benzene ring substituents is 1. The second kappa shape index (κ2) is 9.04. The lowest BCUT2D eigenvalue weighted by atomic mass is 10.2. The minimum absolute atomic E-state index is 0.0381. The zero-order chi connectivity index (χ0) is 19.8. The fourth-order valence-electron chi connectivity index (χ4n) is 2.08. The fourth-order valence-corrected chi connectivity index (χ4v) is 2.08. The van der Waals surface area contributed by atoms with Gasteiger partial charge in [0.15, 0.2) is 6.61 Å². The number of nitro groups is 1. The van der Waals surface area contributed by atoms with Crippen molar-refractivity contribution in [1.82, 2.24) is 0 Å². The van der Waals surface area contributed by atoms with Gasteiger partial charge in [-0.15, -0.1) is 0 Å². The lowest BCUT2D eigenvalue weighted by Gasteiger charge is -2.12. The maximum absolute atomic E-state index is 12.0. The summed E-state index contributed by atoms with van der Waals surface area (Å²) in [6.07, 6.45) is 0. The molecular weight excluding hydrogens is 358 g/mol. The number of amides is 1. The molecule has 0 aliphatic rings. The van der Waals surface area contributed by atoms with Crippen molar-refractivity contribution >= 4 is 28.9 Å². The van der Waals surface area contributed by atoms with E-state index >= 15 is 0 Å². The smallest absolute Gasteiger partial charge is 0.341 e. The zero-order valence-electron chi connectivity index (χ0n) is 14.3. The molecule has 0 aromatic heterocycles. The van der Waals surface area contributed by atoms with Gasteiger partial charge in [-0.1, -0.05) is 0 Å². The number of carboxylic acids is 1. The molecule has 0 aliphatic carbocycles. The van der Waals surface area contributed by atoms with Crippen molar-refractivity contribution in [2.75, 3.05) is 30.9 Å². The van der Waals surface area contributed by atoms with Gasteiger partial charge >= 0.3 is 5.97 Å². The first-order chi connectivity index (χ1) is 12.9. The van der Waals surface area contributed by atoms with E-state index in [2.05, 4.69) is 10.6 Å². The molecule has 142 valence electrons. The van der Waals surface area contributed by atoms with Crippen molar-refractivity contribution in [3.63, 3.8) is 0 Å². The highest BCUT2D eigenvalue weighted by atomic mass is 16.6. The summed E-state index contributed by atoms with van der Waals surface area (Å²) >= 11 is 0. The van der Waals surface area contributed by atoms with Crippen LogP contribution in [0.25, 0.3) is 0 Å². The molecule has 2 rings (SSSR count). The number of ether oxygens (including phenoxy) is 2. The Hall–Kier alpha value is -3.82. The van der Waals surface area contributed by atoms with Crippen molar-refractivity contribution in [2.45, 2.75) is 0 Å². The number of anilines is 2. The third kappa shape index (κ3) is 5.88. The van der Waals surface area contributed by atoms with Gasteiger partial charge in [0.1, 0.15) is 11.5 Å². The number of carbonyl (C=O) groups excluding carboxylic acids is 1. The largest absolute Gasteiger partial charge is 0.497 e. The lowest BCUT2D eigenvalue weighted by Crippen LogP contribution is -2.22. The molecule has 0 bridgehead atoms. The van der Waals surface area contributed by atoms with Crippen LogP contribution < -0.4 is 20.1 Å². The highest BCUT2D eigenvalue weighted by Gasteiger charge is 2.14. The quantitative estimate of drug-likeness (QED) is 0.447. The summed E-state index contributed by atoms with van der Waals surface area (Å²) in [5.74, 6) is -0.992. The number of nitro benzene ring substituents is 1. The molecule has 0 saturated heterocycles. The Labute approximate surface area is 153 Å². The van der Waals surface area contributed by atoms with Gasteiger partial charge in [-0.25, -0.2) is 4.79 Å². The normalized spacial score (nSPS) is 9.96. The fraction of sp³-hybridized carbons (Fsp3) is 0.176. The average molecular weight is 375 g/mol. The van der Waals surface area contributed by atoms with Crippen molar-refractivity contribution < 1.29 is 29.1 Å². The number of carbonyl (C=O) groups is 2. The van der Waals surface area contributed by atoms with E-state index in [0.29, 0.717) is 11.4 Å². The number of nitrogens with zero attached hydrogens (tertiary/aromatic N) is 1. The van der Waals surface area contributed by atoms with Gasteiger partial charge in [0.25, 0.3) is 5.69 Å². The second-order valence-corrected chi connectivity index (χ2v) is 5.25. The highest BCUT2D eigenvalue weighted by Crippen LogP contribution is 2.29. The van der Waals surface area contributed by atoms with Crippen LogP contribution in [0.15, 0.2) is 42.5 Å². The van der Waals surface area contributed by atoms with Crippen LogP contribution in [-0.2, 0) is 9.59 Å². The summed E-state index contributed by atoms with van der Waals surface area (Å²) in [5, 5.41) is 25.0. The molecule has 0 radical (unpaired) electrons. The third-order valence-electron chi connectivity index (χ3n) is 3.34. The SMILES string of the molecule is COc1ccc(NC(=O)CNc2ccc([N+](=O)[O-])cc2OCC(=O)O)cc1. The van der Waals surface area contributed by atoms with Gasteiger partial charge in [-0.2, -0.15) is 0 Å². The van der Waals surface area contributed by atoms with Crippen molar-refractivity contribution in [1.29, 1.82) is 0 Å². The minimum atomic E-state index is -1.23. The molecule has 1 amide bonds. The van der Waals surface area contributed by atoms with Crippen molar-refractivity contribution in [3.05, 3.63) is 52.6 Å². The summed E-state index contributed by atoms with van der Waals surface area (Å²) in [6.45, 7) is -0.832. The van der Waals surface area contributed by atoms with Gasteiger partial charge in [0.05, 0.1) is 30.3 Å². The van der Waals surface area contributed by atoms with Crippen molar-refractivity contribution in [2.24, 2.45) is 0 Å². The van der Waals surface area contributed by atoms with Crippen LogP contribution >= 0.6 is 0 Å². The van der Waals surface area contributed by atoms with Crippen LogP contribution in [0.1, 0.15) is 0 Å². The molecule has 0 saturated carbocycles. The van der Waals surface area contributed by atoms with Crippen LogP contribution in [-0.4, -0.2) is 42.2 Å². The first kappa shape index (κ1) is 19.5. The van der Waals surface area contributed by atoms with Crippen LogP contribution in [0.3, 0.4) is 0 Å². The third-order valence-corrected chi connectivity index (χ3v) is 3.34. The van der Waals surface area contributed by atoms with Crippen LogP contribution in [0.4, 0.5) is 17.1 Å². The van der Waals surface area contributed by atoms with Crippen LogP contribution in [0.2, 0.25) is 0 Å². The first-order valence-corrected chi connectivity index (χ1v) is 7.70. The Morgan fingerprint density at radius 2 is 1.89 bits per heavy atom. The molecule has 0 aliphatic heterocycles. The van der Waals surface area contributed by atoms with E-state index in [1.807, 2.05) is 0 Å². The monoisotopic (exact) mass is 375 g/mol. The van der Waals surface area contributed by atoms with E-state index in [-0.39, 0.29) is 29.6 Å². The number of nitrogens with one attached hydrogen (secondary N) is 2. The van der Waals surface area contributed by atoms with E-state index in [1.165, 1.54) is 19.2 Å². The molecule has 0 heterocycles. The second-order valence-electron chi connectivity index (χ2n) is 5.25. The van der Waals surface area contributed by atoms with Gasteiger partial charge in [0, 0.05) is 11.8 Å². The number of hydrogen-bond acceptors (Lipinski definition) is 7. The van der Waals surface area contributed by atoms with Crippen molar-refractivity contribution in [3.8, 4) is 11.5 Å². The van der Waals surface area contributed by atoms with Crippen LogP contribution in [0.5, 0.6) is 11.5 Å². The average Bonchev–Trinajstić information content (AvgIpc) is 2.65. The molecule has 0 unspecified atom stereocenters. The van der Waals surface area contributed by atoms with E-state index in [4.69, 9.17) is 14.6 Å². The lowest BCUT2D eigenvalue weighted by molar-refractivity contribution is -0.384. The Balaban J connectivity index is 2.02. The zero-order valence-corrected chi connectivity index (χ0v) is 14.3. The number of carboxylic acid groups (broad SMARTS) is 1. The minimum Gasteiger partial charge on any atom is -0.497 e. The molecule has 10 heteroatoms. The summed E-state index contributed by atoms with van der Waals surface area (Å²) in [5.41, 5.74) is 0.559. The maximum Gasteiger partial charge on any atom is 0.341 e. The molecule has 27 heavy (non-hydrogen) atoms. The Morgan fingerprint density at radius 3 is 2.48 bits per heavy atom. The molecule has 0 atom stereocenters. The van der Waals surface area contributed by atoms with Gasteiger partial charge in [0.2, 0.25) is 5.91 Å². The molecule has 0 fully saturated rings. The Morgan fingerprint density at radius 1 is 1.19 bits per heavy atom. The Bertz CT molecular complexity index is 837. The number of rotatable bonds is 9. The summed E-state index contributed by atoms with van der Waals surface area (Å²) in [7, 11) is 1.53. The van der Waals surface area contributed by atoms with Gasteiger partial charge in [-0.05, 0) is 30.3 Å². The van der Waals surface area contributed by atoms with Crippen LogP contribution in [0, 0.1) is 10.1 Å². The molecule has 2 aromatic rings. The highest BCUT2D eigenvalue weighted by molar-refractivity contribution is 5.94. The molecule has 3 N–H and O–H groups in total. The Kier molecular flexibility index (Phi) is 6.53. The summed E-state index contributed by atoms with van der Waals surface area (Å²) in [6, 6.07) is 10.4. The summed E-state index contributed by atoms with van der Waals surface area (Å²) in [4.78, 5) is 32.9. The maximum atomic E-state index is 12.0. The van der Waals surface area contributed by atoms with E-state index < -0.39 is 17.5 Å². The molecular formula is C17H17N3O7.